The smallest absolute Gasteiger partial charge is 0.274 e. The summed E-state index contributed by atoms with van der Waals surface area (Å²) in [6.45, 7) is 6.44. The van der Waals surface area contributed by atoms with Gasteiger partial charge in [0.1, 0.15) is 0 Å². The molecule has 5 nitrogen and oxygen atoms in total. The van der Waals surface area contributed by atoms with E-state index in [0.717, 1.165) is 30.5 Å². The van der Waals surface area contributed by atoms with Crippen molar-refractivity contribution < 1.29 is 9.90 Å². The molecule has 0 radical (unpaired) electrons. The van der Waals surface area contributed by atoms with Crippen LogP contribution in [-0.4, -0.2) is 45.4 Å². The molecule has 0 spiro atoms. The van der Waals surface area contributed by atoms with Gasteiger partial charge in [-0.1, -0.05) is 17.7 Å². The second kappa shape index (κ2) is 7.00. The highest BCUT2D eigenvalue weighted by Gasteiger charge is 2.28. The zero-order valence-electron chi connectivity index (χ0n) is 15.5. The number of aryl methyl sites for hydroxylation is 2. The first-order chi connectivity index (χ1) is 11.9. The van der Waals surface area contributed by atoms with Gasteiger partial charge in [0.05, 0.1) is 11.8 Å². The van der Waals surface area contributed by atoms with Gasteiger partial charge in [0.15, 0.2) is 5.69 Å². The van der Waals surface area contributed by atoms with Crippen LogP contribution >= 0.6 is 0 Å². The summed E-state index contributed by atoms with van der Waals surface area (Å²) in [5.41, 5.74) is 6.26. The molecule has 3 rings (SSSR count). The number of aliphatic hydroxyl groups excluding tert-OH is 1. The van der Waals surface area contributed by atoms with E-state index in [1.807, 2.05) is 4.68 Å². The van der Waals surface area contributed by atoms with E-state index < -0.39 is 6.10 Å². The first kappa shape index (κ1) is 17.7. The quantitative estimate of drug-likeness (QED) is 0.910. The molecule has 1 heterocycles. The highest BCUT2D eigenvalue weighted by atomic mass is 16.3. The molecule has 1 aliphatic carbocycles. The first-order valence-electron chi connectivity index (χ1n) is 9.00. The molecular formula is C20H27N3O2. The Balaban J connectivity index is 1.96. The van der Waals surface area contributed by atoms with E-state index in [1.54, 1.807) is 18.9 Å². The average Bonchev–Trinajstić information content (AvgIpc) is 3.14. The number of hydrogen-bond acceptors (Lipinski definition) is 3. The predicted octanol–water partition coefficient (Wildman–Crippen LogP) is 2.82. The SMILES string of the molecule is Cc1ccc(-n2nc(C(=O)N(C)CCC(C)O)c3c2CCC3)c(C)c1. The molecule has 134 valence electrons. The van der Waals surface area contributed by atoms with Crippen LogP contribution in [0.4, 0.5) is 0 Å². The minimum atomic E-state index is -0.409. The van der Waals surface area contributed by atoms with E-state index in [4.69, 9.17) is 5.10 Å². The molecule has 25 heavy (non-hydrogen) atoms. The lowest BCUT2D eigenvalue weighted by Gasteiger charge is -2.17. The number of amides is 1. The van der Waals surface area contributed by atoms with Crippen molar-refractivity contribution in [3.63, 3.8) is 0 Å². The van der Waals surface area contributed by atoms with Gasteiger partial charge in [-0.15, -0.1) is 0 Å². The van der Waals surface area contributed by atoms with Crippen molar-refractivity contribution in [3.05, 3.63) is 46.3 Å². The number of carbonyl (C=O) groups is 1. The average molecular weight is 341 g/mol. The lowest BCUT2D eigenvalue weighted by molar-refractivity contribution is 0.0761. The fourth-order valence-corrected chi connectivity index (χ4v) is 3.51. The molecule has 1 amide bonds. The second-order valence-corrected chi connectivity index (χ2v) is 7.19. The lowest BCUT2D eigenvalue weighted by atomic mass is 10.1. The standard InChI is InChI=1S/C20H27N3O2/c1-13-8-9-17(14(2)12-13)23-18-7-5-6-16(18)19(21-23)20(25)22(4)11-10-15(3)24/h8-9,12,15,24H,5-7,10-11H2,1-4H3. The largest absolute Gasteiger partial charge is 0.393 e. The third-order valence-electron chi connectivity index (χ3n) is 4.94. The van der Waals surface area contributed by atoms with Crippen molar-refractivity contribution in [2.24, 2.45) is 0 Å². The first-order valence-corrected chi connectivity index (χ1v) is 9.00. The van der Waals surface area contributed by atoms with Crippen LogP contribution < -0.4 is 0 Å². The summed E-state index contributed by atoms with van der Waals surface area (Å²) in [4.78, 5) is 14.5. The summed E-state index contributed by atoms with van der Waals surface area (Å²) in [5.74, 6) is -0.0534. The molecule has 1 unspecified atom stereocenters. The van der Waals surface area contributed by atoms with E-state index in [-0.39, 0.29) is 5.91 Å². The third kappa shape index (κ3) is 3.47. The number of rotatable bonds is 5. The van der Waals surface area contributed by atoms with Crippen molar-refractivity contribution in [1.82, 2.24) is 14.7 Å². The van der Waals surface area contributed by atoms with E-state index in [1.165, 1.54) is 16.8 Å². The maximum atomic E-state index is 12.9. The molecule has 0 bridgehead atoms. The second-order valence-electron chi connectivity index (χ2n) is 7.19. The normalized spacial score (nSPS) is 14.4. The van der Waals surface area contributed by atoms with E-state index in [0.29, 0.717) is 18.7 Å². The van der Waals surface area contributed by atoms with Crippen molar-refractivity contribution in [2.75, 3.05) is 13.6 Å². The van der Waals surface area contributed by atoms with Crippen LogP contribution in [0.15, 0.2) is 18.2 Å². The fourth-order valence-electron chi connectivity index (χ4n) is 3.51. The molecule has 0 fully saturated rings. The highest BCUT2D eigenvalue weighted by molar-refractivity contribution is 5.94. The van der Waals surface area contributed by atoms with Crippen LogP contribution in [0.25, 0.3) is 5.69 Å². The summed E-state index contributed by atoms with van der Waals surface area (Å²) < 4.78 is 1.97. The van der Waals surface area contributed by atoms with Gasteiger partial charge in [-0.2, -0.15) is 5.10 Å². The number of carbonyl (C=O) groups excluding carboxylic acids is 1. The summed E-state index contributed by atoms with van der Waals surface area (Å²) in [6.07, 6.45) is 3.10. The van der Waals surface area contributed by atoms with Gasteiger partial charge in [0, 0.05) is 24.8 Å². The maximum absolute atomic E-state index is 12.9. The Kier molecular flexibility index (Phi) is 4.95. The highest BCUT2D eigenvalue weighted by Crippen LogP contribution is 2.29. The molecule has 0 aliphatic heterocycles. The minimum absolute atomic E-state index is 0.0534. The monoisotopic (exact) mass is 341 g/mol. The van der Waals surface area contributed by atoms with Gasteiger partial charge in [0.2, 0.25) is 0 Å². The Labute approximate surface area is 149 Å². The summed E-state index contributed by atoms with van der Waals surface area (Å²) in [5, 5.41) is 14.2. The predicted molar refractivity (Wildman–Crippen MR) is 98.3 cm³/mol. The molecule has 0 saturated carbocycles. The van der Waals surface area contributed by atoms with Crippen molar-refractivity contribution >= 4 is 5.91 Å². The molecule has 1 N–H and O–H groups in total. The summed E-state index contributed by atoms with van der Waals surface area (Å²) in [6, 6.07) is 6.32. The van der Waals surface area contributed by atoms with E-state index >= 15 is 0 Å². The Morgan fingerprint density at radius 2 is 2.12 bits per heavy atom. The van der Waals surface area contributed by atoms with Crippen LogP contribution in [0.3, 0.4) is 0 Å². The van der Waals surface area contributed by atoms with Gasteiger partial charge in [-0.25, -0.2) is 4.68 Å². The van der Waals surface area contributed by atoms with E-state index in [2.05, 4.69) is 32.0 Å². The molecule has 2 aromatic rings. The van der Waals surface area contributed by atoms with Crippen LogP contribution in [0.5, 0.6) is 0 Å². The molecule has 1 aromatic carbocycles. The Hall–Kier alpha value is -2.14. The summed E-state index contributed by atoms with van der Waals surface area (Å²) in [7, 11) is 1.78. The number of benzene rings is 1. The zero-order valence-corrected chi connectivity index (χ0v) is 15.5. The van der Waals surface area contributed by atoms with Crippen molar-refractivity contribution in [1.29, 1.82) is 0 Å². The molecule has 0 saturated heterocycles. The van der Waals surface area contributed by atoms with Gasteiger partial charge in [0.25, 0.3) is 5.91 Å². The van der Waals surface area contributed by atoms with Crippen LogP contribution in [0, 0.1) is 13.8 Å². The summed E-state index contributed by atoms with van der Waals surface area (Å²) >= 11 is 0. The molecule has 5 heteroatoms. The van der Waals surface area contributed by atoms with Crippen LogP contribution in [-0.2, 0) is 12.8 Å². The number of nitrogens with zero attached hydrogens (tertiary/aromatic N) is 3. The van der Waals surface area contributed by atoms with Crippen molar-refractivity contribution in [3.8, 4) is 5.69 Å². The number of hydrogen-bond donors (Lipinski definition) is 1. The molecule has 1 aliphatic rings. The van der Waals surface area contributed by atoms with Gasteiger partial charge in [-0.05, 0) is 58.1 Å². The van der Waals surface area contributed by atoms with Crippen molar-refractivity contribution in [2.45, 2.75) is 52.6 Å². The Morgan fingerprint density at radius 3 is 2.80 bits per heavy atom. The number of aromatic nitrogens is 2. The maximum Gasteiger partial charge on any atom is 0.274 e. The Bertz CT molecular complexity index is 792. The van der Waals surface area contributed by atoms with Crippen LogP contribution in [0.1, 0.15) is 52.6 Å². The fraction of sp³-hybridized carbons (Fsp3) is 0.500. The van der Waals surface area contributed by atoms with E-state index in [9.17, 15) is 9.90 Å². The zero-order chi connectivity index (χ0) is 18.1. The topological polar surface area (TPSA) is 58.4 Å². The minimum Gasteiger partial charge on any atom is -0.393 e. The van der Waals surface area contributed by atoms with Gasteiger partial charge >= 0.3 is 0 Å². The lowest BCUT2D eigenvalue weighted by Crippen LogP contribution is -2.30. The molecule has 1 aromatic heterocycles. The number of aliphatic hydroxyl groups is 1. The number of fused-ring (bicyclic) bond motifs is 1. The molecule has 1 atom stereocenters. The Morgan fingerprint density at radius 1 is 1.36 bits per heavy atom. The van der Waals surface area contributed by atoms with Crippen LogP contribution in [0.2, 0.25) is 0 Å². The third-order valence-corrected chi connectivity index (χ3v) is 4.94. The van der Waals surface area contributed by atoms with Gasteiger partial charge < -0.3 is 10.0 Å². The molecular weight excluding hydrogens is 314 g/mol. The van der Waals surface area contributed by atoms with Gasteiger partial charge in [-0.3, -0.25) is 4.79 Å².